The Morgan fingerprint density at radius 2 is 1.32 bits per heavy atom. The average Bonchev–Trinajstić information content (AvgIpc) is 2.84. The fourth-order valence-corrected chi connectivity index (χ4v) is 4.70. The van der Waals surface area contributed by atoms with E-state index in [9.17, 15) is 23.4 Å². The molecule has 8 heteroatoms. The number of hydrogen-bond acceptors (Lipinski definition) is 4. The summed E-state index contributed by atoms with van der Waals surface area (Å²) < 4.78 is 32.5. The van der Waals surface area contributed by atoms with Gasteiger partial charge in [0, 0.05) is 12.0 Å². The zero-order valence-corrected chi connectivity index (χ0v) is 25.0. The van der Waals surface area contributed by atoms with E-state index >= 15 is 0 Å². The Morgan fingerprint density at radius 1 is 0.900 bits per heavy atom. The Labute approximate surface area is 237 Å². The first-order valence-electron chi connectivity index (χ1n) is 13.7. The fraction of sp³-hybridized carbons (Fsp3) is 0.531. The lowest BCUT2D eigenvalue weighted by Gasteiger charge is -2.46. The van der Waals surface area contributed by atoms with Gasteiger partial charge in [-0.05, 0) is 104 Å². The van der Waals surface area contributed by atoms with Crippen LogP contribution in [0.4, 0.5) is 13.2 Å². The van der Waals surface area contributed by atoms with Crippen LogP contribution in [0.2, 0.25) is 0 Å². The van der Waals surface area contributed by atoms with Crippen molar-refractivity contribution >= 4 is 5.97 Å². The molecule has 0 radical (unpaired) electrons. The third kappa shape index (κ3) is 11.6. The molecule has 224 valence electrons. The minimum Gasteiger partial charge on any atom is -0.542 e. The van der Waals surface area contributed by atoms with Crippen LogP contribution >= 0.6 is 0 Å². The van der Waals surface area contributed by atoms with E-state index in [1.165, 1.54) is 33.4 Å². The lowest BCUT2D eigenvalue weighted by atomic mass is 9.89. The second kappa shape index (κ2) is 15.7. The van der Waals surface area contributed by atoms with Crippen molar-refractivity contribution in [3.63, 3.8) is 0 Å². The van der Waals surface area contributed by atoms with Crippen molar-refractivity contribution in [1.29, 1.82) is 0 Å². The number of carbonyl (C=O) groups excluding carboxylic acids is 1. The first-order chi connectivity index (χ1) is 18.5. The van der Waals surface area contributed by atoms with Gasteiger partial charge in [-0.3, -0.25) is 0 Å². The van der Waals surface area contributed by atoms with Crippen molar-refractivity contribution in [1.82, 2.24) is 0 Å². The highest BCUT2D eigenvalue weighted by atomic mass is 19.4. The normalized spacial score (nSPS) is 19.2. The number of carboxylic acids is 1. The number of fused-ring (bicyclic) bond motifs is 1. The molecule has 0 fully saturated rings. The Hall–Kier alpha value is -3.00. The smallest absolute Gasteiger partial charge is 0.430 e. The van der Waals surface area contributed by atoms with Crippen LogP contribution < -0.4 is 5.11 Å². The zero-order valence-electron chi connectivity index (χ0n) is 25.0. The van der Waals surface area contributed by atoms with Crippen molar-refractivity contribution < 1.29 is 37.8 Å². The Balaban J connectivity index is 0.00000101. The van der Waals surface area contributed by atoms with Gasteiger partial charge < -0.3 is 24.6 Å². The van der Waals surface area contributed by atoms with Gasteiger partial charge in [-0.2, -0.15) is 13.2 Å². The first-order valence-corrected chi connectivity index (χ1v) is 13.7. The van der Waals surface area contributed by atoms with E-state index in [1.54, 1.807) is 12.1 Å². The summed E-state index contributed by atoms with van der Waals surface area (Å²) in [6.07, 6.45) is 9.62. The SMILES string of the molecule is CC(C)=CCC/C(C)=C/C[N+]1(C/C=C(\C)CCC=C(C)C)CCc2cc(O)c(O)cc2C1C.O=C([O-])C(F)(F)F. The van der Waals surface area contributed by atoms with Gasteiger partial charge in [-0.25, -0.2) is 0 Å². The average molecular weight is 566 g/mol. The van der Waals surface area contributed by atoms with Gasteiger partial charge in [-0.15, -0.1) is 0 Å². The molecule has 2 rings (SSSR count). The summed E-state index contributed by atoms with van der Waals surface area (Å²) in [5.41, 5.74) is 7.98. The number of carboxylic acid groups (broad SMARTS) is 1. The third-order valence-electron chi connectivity index (χ3n) is 7.36. The van der Waals surface area contributed by atoms with Gasteiger partial charge in [0.05, 0.1) is 19.6 Å². The molecule has 0 amide bonds. The summed E-state index contributed by atoms with van der Waals surface area (Å²) in [4.78, 5) is 8.78. The van der Waals surface area contributed by atoms with E-state index in [2.05, 4.69) is 72.8 Å². The summed E-state index contributed by atoms with van der Waals surface area (Å²) in [7, 11) is 0. The predicted molar refractivity (Wildman–Crippen MR) is 153 cm³/mol. The molecule has 0 bridgehead atoms. The lowest BCUT2D eigenvalue weighted by Crippen LogP contribution is -2.53. The molecule has 1 atom stereocenters. The highest BCUT2D eigenvalue weighted by Crippen LogP contribution is 2.41. The quantitative estimate of drug-likeness (QED) is 0.178. The van der Waals surface area contributed by atoms with E-state index in [1.807, 2.05) is 0 Å². The van der Waals surface area contributed by atoms with E-state index in [0.717, 1.165) is 56.2 Å². The molecule has 0 spiro atoms. The standard InChI is InChI=1S/C30H45NO2.C2HF3O2/c1-22(2)10-8-12-24(5)14-17-31(18-15-25(6)13-9-11-23(3)4)19-16-27-20-29(32)30(33)21-28(27)26(31)7;3-2(4,5)1(6)7/h10-11,14-15,20-21,26H,8-9,12-13,16-19H2,1-7H3,(H-,32,33);(H,6,7)/b24-14+,25-15+;. The summed E-state index contributed by atoms with van der Waals surface area (Å²) in [6, 6.07) is 3.80. The second-order valence-corrected chi connectivity index (χ2v) is 11.3. The number of phenols is 2. The highest BCUT2D eigenvalue weighted by Gasteiger charge is 2.38. The van der Waals surface area contributed by atoms with Crippen LogP contribution in [0.25, 0.3) is 0 Å². The van der Waals surface area contributed by atoms with Crippen molar-refractivity contribution in [2.45, 2.75) is 92.8 Å². The van der Waals surface area contributed by atoms with Gasteiger partial charge >= 0.3 is 6.18 Å². The number of halogens is 3. The number of carbonyl (C=O) groups is 1. The minimum absolute atomic E-state index is 0.00836. The molecular formula is C32H46F3NO4. The largest absolute Gasteiger partial charge is 0.542 e. The second-order valence-electron chi connectivity index (χ2n) is 11.3. The van der Waals surface area contributed by atoms with Crippen LogP contribution in [0.1, 0.15) is 91.3 Å². The van der Waals surface area contributed by atoms with Crippen molar-refractivity contribution in [2.24, 2.45) is 0 Å². The number of allylic oxidation sites excluding steroid dienone is 6. The van der Waals surface area contributed by atoms with Crippen molar-refractivity contribution in [2.75, 3.05) is 19.6 Å². The van der Waals surface area contributed by atoms with Gasteiger partial charge in [0.15, 0.2) is 11.5 Å². The molecule has 2 N–H and O–H groups in total. The summed E-state index contributed by atoms with van der Waals surface area (Å²) in [5, 5.41) is 29.0. The third-order valence-corrected chi connectivity index (χ3v) is 7.36. The molecule has 0 saturated heterocycles. The number of aliphatic carboxylic acids is 1. The number of nitrogens with zero attached hydrogens (tertiary/aromatic N) is 1. The molecule has 0 aromatic heterocycles. The molecule has 1 aliphatic rings. The molecule has 1 aromatic carbocycles. The van der Waals surface area contributed by atoms with E-state index in [4.69, 9.17) is 9.90 Å². The summed E-state index contributed by atoms with van der Waals surface area (Å²) >= 11 is 0. The van der Waals surface area contributed by atoms with E-state index in [-0.39, 0.29) is 17.5 Å². The molecule has 0 aliphatic carbocycles. The van der Waals surface area contributed by atoms with Crippen molar-refractivity contribution in [3.05, 3.63) is 69.9 Å². The maximum atomic E-state index is 10.5. The van der Waals surface area contributed by atoms with Crippen molar-refractivity contribution in [3.8, 4) is 11.5 Å². The zero-order chi connectivity index (χ0) is 30.7. The van der Waals surface area contributed by atoms with Crippen LogP contribution in [0.3, 0.4) is 0 Å². The van der Waals surface area contributed by atoms with E-state index in [0.29, 0.717) is 0 Å². The molecule has 0 saturated carbocycles. The number of quaternary nitrogens is 1. The number of rotatable bonds is 10. The van der Waals surface area contributed by atoms with Gasteiger partial charge in [-0.1, -0.05) is 34.4 Å². The fourth-order valence-electron chi connectivity index (χ4n) is 4.70. The first kappa shape index (κ1) is 35.0. The maximum Gasteiger partial charge on any atom is 0.430 e. The predicted octanol–water partition coefficient (Wildman–Crippen LogP) is 7.22. The van der Waals surface area contributed by atoms with Crippen LogP contribution in [-0.4, -0.2) is 46.5 Å². The van der Waals surface area contributed by atoms with Crippen LogP contribution in [0.15, 0.2) is 58.7 Å². The lowest BCUT2D eigenvalue weighted by molar-refractivity contribution is -0.947. The molecule has 40 heavy (non-hydrogen) atoms. The molecule has 1 heterocycles. The number of alkyl halides is 3. The molecular weight excluding hydrogens is 519 g/mol. The van der Waals surface area contributed by atoms with Crippen LogP contribution in [0.5, 0.6) is 11.5 Å². The molecule has 1 unspecified atom stereocenters. The number of aromatic hydroxyl groups is 2. The monoisotopic (exact) mass is 565 g/mol. The summed E-state index contributed by atoms with van der Waals surface area (Å²) in [5.74, 6) is -3.03. The molecule has 1 aromatic rings. The van der Waals surface area contributed by atoms with E-state index < -0.39 is 12.1 Å². The minimum atomic E-state index is -5.19. The Bertz CT molecular complexity index is 1080. The number of hydrogen-bond donors (Lipinski definition) is 2. The number of benzene rings is 1. The van der Waals surface area contributed by atoms with Gasteiger partial charge in [0.2, 0.25) is 0 Å². The van der Waals surface area contributed by atoms with Crippen LogP contribution in [0, 0.1) is 0 Å². The topological polar surface area (TPSA) is 80.6 Å². The molecule has 1 aliphatic heterocycles. The van der Waals surface area contributed by atoms with Gasteiger partial charge in [0.1, 0.15) is 12.0 Å². The summed E-state index contributed by atoms with van der Waals surface area (Å²) in [6.45, 7) is 18.4. The maximum absolute atomic E-state index is 10.5. The molecule has 5 nitrogen and oxygen atoms in total. The van der Waals surface area contributed by atoms with Gasteiger partial charge in [0.25, 0.3) is 0 Å². The highest BCUT2D eigenvalue weighted by molar-refractivity contribution is 5.70. The number of phenolic OH excluding ortho intramolecular Hbond substituents is 2. The Morgan fingerprint density at radius 3 is 1.73 bits per heavy atom. The Kier molecular flexibility index (Phi) is 13.7. The van der Waals surface area contributed by atoms with Crippen LogP contribution in [-0.2, 0) is 11.2 Å².